The lowest BCUT2D eigenvalue weighted by Crippen LogP contribution is -2.44. The average Bonchev–Trinajstić information content (AvgIpc) is 3.31. The van der Waals surface area contributed by atoms with E-state index >= 15 is 0 Å². The predicted molar refractivity (Wildman–Crippen MR) is 148 cm³/mol. The number of aromatic nitrogens is 5. The fourth-order valence-electron chi connectivity index (χ4n) is 4.94. The Kier molecular flexibility index (Phi) is 7.08. The van der Waals surface area contributed by atoms with Gasteiger partial charge in [0.25, 0.3) is 5.56 Å². The largest absolute Gasteiger partial charge is 0.468 e. The molecule has 1 atom stereocenters. The first-order valence-electron chi connectivity index (χ1n) is 12.7. The predicted octanol–water partition coefficient (Wildman–Crippen LogP) is 0.662. The zero-order valence-corrected chi connectivity index (χ0v) is 21.9. The van der Waals surface area contributed by atoms with Gasteiger partial charge in [-0.15, -0.1) is 5.92 Å². The van der Waals surface area contributed by atoms with Gasteiger partial charge in [0.1, 0.15) is 6.54 Å². The van der Waals surface area contributed by atoms with Crippen LogP contribution >= 0.6 is 0 Å². The molecular weight excluding hydrogens is 500 g/mol. The molecule has 39 heavy (non-hydrogen) atoms. The minimum absolute atomic E-state index is 0.0554. The van der Waals surface area contributed by atoms with Crippen LogP contribution in [0.5, 0.6) is 0 Å². The number of anilines is 2. The van der Waals surface area contributed by atoms with E-state index in [0.29, 0.717) is 35.9 Å². The van der Waals surface area contributed by atoms with E-state index in [-0.39, 0.29) is 30.3 Å². The van der Waals surface area contributed by atoms with Gasteiger partial charge in [0.15, 0.2) is 11.2 Å². The Balaban J connectivity index is 1.76. The Labute approximate surface area is 223 Å². The minimum Gasteiger partial charge on any atom is -0.468 e. The molecule has 0 amide bonds. The summed E-state index contributed by atoms with van der Waals surface area (Å²) in [6.45, 7) is 2.47. The number of pyridine rings is 1. The van der Waals surface area contributed by atoms with Crippen molar-refractivity contribution in [1.29, 1.82) is 0 Å². The van der Waals surface area contributed by atoms with Crippen molar-refractivity contribution in [3.8, 4) is 11.8 Å². The highest BCUT2D eigenvalue weighted by molar-refractivity contribution is 5.82. The van der Waals surface area contributed by atoms with Crippen molar-refractivity contribution in [2.45, 2.75) is 45.4 Å². The highest BCUT2D eigenvalue weighted by Crippen LogP contribution is 2.24. The lowest BCUT2D eigenvalue weighted by Gasteiger charge is -2.31. The lowest BCUT2D eigenvalue weighted by atomic mass is 10.1. The second-order valence-corrected chi connectivity index (χ2v) is 9.50. The Morgan fingerprint density at radius 3 is 2.72 bits per heavy atom. The fourth-order valence-corrected chi connectivity index (χ4v) is 4.94. The molecule has 12 nitrogen and oxygen atoms in total. The van der Waals surface area contributed by atoms with Gasteiger partial charge >= 0.3 is 11.7 Å². The summed E-state index contributed by atoms with van der Waals surface area (Å²) in [5.41, 5.74) is 12.8. The van der Waals surface area contributed by atoms with Crippen LogP contribution in [0.15, 0.2) is 39.9 Å². The van der Waals surface area contributed by atoms with E-state index in [2.05, 4.69) is 16.8 Å². The maximum Gasteiger partial charge on any atom is 0.333 e. The Morgan fingerprint density at radius 2 is 1.97 bits per heavy atom. The topological polar surface area (TPSA) is 156 Å². The zero-order chi connectivity index (χ0) is 27.7. The number of carbonyl (C=O) groups is 1. The first kappa shape index (κ1) is 26.0. The zero-order valence-electron chi connectivity index (χ0n) is 21.9. The van der Waals surface area contributed by atoms with E-state index in [0.717, 1.165) is 27.4 Å². The lowest BCUT2D eigenvalue weighted by molar-refractivity contribution is -0.141. The summed E-state index contributed by atoms with van der Waals surface area (Å²) < 4.78 is 8.72. The Bertz CT molecular complexity index is 1760. The van der Waals surface area contributed by atoms with Gasteiger partial charge in [-0.2, -0.15) is 4.98 Å². The monoisotopic (exact) mass is 530 g/mol. The number of nitrogen functional groups attached to an aromatic ring is 1. The molecule has 1 fully saturated rings. The van der Waals surface area contributed by atoms with Gasteiger partial charge in [-0.3, -0.25) is 23.3 Å². The molecule has 1 aromatic carbocycles. The highest BCUT2D eigenvalue weighted by Gasteiger charge is 2.27. The number of imidazole rings is 1. The van der Waals surface area contributed by atoms with Gasteiger partial charge in [-0.25, -0.2) is 9.78 Å². The fraction of sp³-hybridized carbons (Fsp3) is 0.370. The number of nitrogens with two attached hydrogens (primary N) is 2. The molecule has 1 aliphatic rings. The van der Waals surface area contributed by atoms with Crippen molar-refractivity contribution in [3.63, 3.8) is 0 Å². The van der Waals surface area contributed by atoms with E-state index in [1.807, 2.05) is 29.2 Å². The number of benzene rings is 1. The van der Waals surface area contributed by atoms with Crippen LogP contribution in [-0.2, 0) is 29.2 Å². The number of nitrogens with zero attached hydrogens (tertiary/aromatic N) is 6. The molecule has 3 aromatic heterocycles. The molecule has 0 radical (unpaired) electrons. The molecule has 12 heteroatoms. The molecule has 202 valence electrons. The number of rotatable bonds is 6. The summed E-state index contributed by atoms with van der Waals surface area (Å²) in [5, 5.41) is 0.838. The minimum atomic E-state index is -0.722. The molecule has 1 saturated heterocycles. The van der Waals surface area contributed by atoms with Gasteiger partial charge in [-0.05, 0) is 31.9 Å². The van der Waals surface area contributed by atoms with Gasteiger partial charge in [0, 0.05) is 24.5 Å². The van der Waals surface area contributed by atoms with E-state index < -0.39 is 23.8 Å². The molecule has 0 saturated carbocycles. The molecule has 1 unspecified atom stereocenters. The third-order valence-corrected chi connectivity index (χ3v) is 6.91. The smallest absolute Gasteiger partial charge is 0.333 e. The molecular formula is C27H30N8O4. The SMILES string of the molecule is CC#CCn1c(N2CCCC(N)C2)nc2c1c(=O)n(Cc1nc3ccccc3cc1N)c(=O)n2CC(=O)OC. The van der Waals surface area contributed by atoms with Crippen LogP contribution in [0.1, 0.15) is 25.5 Å². The summed E-state index contributed by atoms with van der Waals surface area (Å²) in [4.78, 5) is 51.4. The maximum absolute atomic E-state index is 14.0. The first-order chi connectivity index (χ1) is 18.8. The quantitative estimate of drug-likeness (QED) is 0.270. The summed E-state index contributed by atoms with van der Waals surface area (Å²) in [6.07, 6.45) is 1.74. The molecule has 5 rings (SSSR count). The second-order valence-electron chi connectivity index (χ2n) is 9.50. The Hall–Kier alpha value is -4.63. The van der Waals surface area contributed by atoms with E-state index in [1.54, 1.807) is 17.6 Å². The normalized spacial score (nSPS) is 15.4. The van der Waals surface area contributed by atoms with E-state index in [9.17, 15) is 14.4 Å². The third-order valence-electron chi connectivity index (χ3n) is 6.91. The molecule has 4 N–H and O–H groups in total. The van der Waals surface area contributed by atoms with Crippen LogP contribution in [0.3, 0.4) is 0 Å². The number of ether oxygens (including phenoxy) is 1. The van der Waals surface area contributed by atoms with Crippen molar-refractivity contribution in [2.75, 3.05) is 30.8 Å². The van der Waals surface area contributed by atoms with E-state index in [4.69, 9.17) is 21.2 Å². The van der Waals surface area contributed by atoms with Crippen molar-refractivity contribution < 1.29 is 9.53 Å². The molecule has 4 heterocycles. The summed E-state index contributed by atoms with van der Waals surface area (Å²) >= 11 is 0. The van der Waals surface area contributed by atoms with Crippen molar-refractivity contribution in [1.82, 2.24) is 23.7 Å². The van der Waals surface area contributed by atoms with Crippen LogP contribution in [0, 0.1) is 11.8 Å². The number of esters is 1. The van der Waals surface area contributed by atoms with Gasteiger partial charge in [-0.1, -0.05) is 24.1 Å². The van der Waals surface area contributed by atoms with Crippen LogP contribution in [0.25, 0.3) is 22.1 Å². The van der Waals surface area contributed by atoms with Gasteiger partial charge < -0.3 is 21.1 Å². The van der Waals surface area contributed by atoms with Gasteiger partial charge in [0.05, 0.1) is 37.1 Å². The van der Waals surface area contributed by atoms with Crippen molar-refractivity contribution >= 4 is 39.7 Å². The van der Waals surface area contributed by atoms with Crippen LogP contribution < -0.4 is 27.6 Å². The molecule has 0 aliphatic carbocycles. The summed E-state index contributed by atoms with van der Waals surface area (Å²) in [6, 6.07) is 9.13. The van der Waals surface area contributed by atoms with Crippen LogP contribution in [0.4, 0.5) is 11.6 Å². The molecule has 1 aliphatic heterocycles. The second kappa shape index (κ2) is 10.6. The standard InChI is InChI=1S/C27H30N8O4/c1-3-4-12-33-23-24(31-26(33)32-11-7-9-18(28)14-32)34(16-22(36)39-2)27(38)35(25(23)37)15-21-19(29)13-17-8-5-6-10-20(17)30-21/h5-6,8,10,13,18H,7,9,11-12,14-16,28-29H2,1-2H3. The number of methoxy groups -OCH3 is 1. The number of para-hydroxylation sites is 1. The number of piperidine rings is 1. The van der Waals surface area contributed by atoms with Crippen LogP contribution in [-0.4, -0.2) is 55.9 Å². The maximum atomic E-state index is 14.0. The van der Waals surface area contributed by atoms with Crippen LogP contribution in [0.2, 0.25) is 0 Å². The number of hydrogen-bond donors (Lipinski definition) is 2. The average molecular weight is 531 g/mol. The van der Waals surface area contributed by atoms with Gasteiger partial charge in [0.2, 0.25) is 5.95 Å². The number of fused-ring (bicyclic) bond motifs is 2. The molecule has 0 bridgehead atoms. The summed E-state index contributed by atoms with van der Waals surface area (Å²) in [5.74, 6) is 5.67. The Morgan fingerprint density at radius 1 is 1.18 bits per heavy atom. The molecule has 0 spiro atoms. The van der Waals surface area contributed by atoms with Crippen molar-refractivity contribution in [3.05, 3.63) is 56.9 Å². The van der Waals surface area contributed by atoms with E-state index in [1.165, 1.54) is 7.11 Å². The summed E-state index contributed by atoms with van der Waals surface area (Å²) in [7, 11) is 1.23. The molecule has 4 aromatic rings. The number of hydrogen-bond acceptors (Lipinski definition) is 9. The van der Waals surface area contributed by atoms with Crippen molar-refractivity contribution in [2.24, 2.45) is 5.73 Å². The highest BCUT2D eigenvalue weighted by atomic mass is 16.5. The first-order valence-corrected chi connectivity index (χ1v) is 12.7. The number of carbonyl (C=O) groups excluding carboxylic acids is 1. The third kappa shape index (κ3) is 4.84.